The van der Waals surface area contributed by atoms with Crippen LogP contribution in [0.25, 0.3) is 11.0 Å². The second-order valence-corrected chi connectivity index (χ2v) is 6.26. The van der Waals surface area contributed by atoms with Gasteiger partial charge < -0.3 is 9.84 Å². The molecule has 0 fully saturated rings. The molecule has 5 heteroatoms. The molecule has 1 unspecified atom stereocenters. The van der Waals surface area contributed by atoms with E-state index in [-0.39, 0.29) is 24.2 Å². The standard InChI is InChI=1S/C22H17FN2O2/c23-17-12-10-16(11-13-17)22(15-6-2-1-3-7-15)24-21(26)14-19-18-8-4-5-9-20(18)27-25-19/h1-13,22H,14H2,(H,24,26). The molecule has 0 bridgehead atoms. The quantitative estimate of drug-likeness (QED) is 0.573. The number of hydrogen-bond donors (Lipinski definition) is 1. The van der Waals surface area contributed by atoms with Crippen molar-refractivity contribution in [3.05, 3.63) is 102 Å². The number of para-hydroxylation sites is 1. The van der Waals surface area contributed by atoms with Crippen molar-refractivity contribution in [3.63, 3.8) is 0 Å². The minimum absolute atomic E-state index is 0.0988. The molecule has 0 aliphatic carbocycles. The van der Waals surface area contributed by atoms with Gasteiger partial charge in [0.1, 0.15) is 11.5 Å². The molecule has 0 saturated heterocycles. The van der Waals surface area contributed by atoms with Crippen LogP contribution >= 0.6 is 0 Å². The van der Waals surface area contributed by atoms with Gasteiger partial charge in [-0.1, -0.05) is 59.8 Å². The fourth-order valence-corrected chi connectivity index (χ4v) is 3.09. The van der Waals surface area contributed by atoms with Gasteiger partial charge in [-0.25, -0.2) is 4.39 Å². The third-order valence-electron chi connectivity index (χ3n) is 4.42. The van der Waals surface area contributed by atoms with Crippen molar-refractivity contribution < 1.29 is 13.7 Å². The Morgan fingerprint density at radius 1 is 0.926 bits per heavy atom. The van der Waals surface area contributed by atoms with Gasteiger partial charge in [0, 0.05) is 5.39 Å². The van der Waals surface area contributed by atoms with E-state index in [0.29, 0.717) is 11.3 Å². The summed E-state index contributed by atoms with van der Waals surface area (Å²) in [4.78, 5) is 12.7. The van der Waals surface area contributed by atoms with Crippen LogP contribution in [0.2, 0.25) is 0 Å². The minimum Gasteiger partial charge on any atom is -0.356 e. The molecule has 1 amide bonds. The Kier molecular flexibility index (Phi) is 4.66. The van der Waals surface area contributed by atoms with E-state index in [1.54, 1.807) is 12.1 Å². The predicted octanol–water partition coefficient (Wildman–Crippen LogP) is 4.42. The minimum atomic E-state index is -0.377. The molecular formula is C22H17FN2O2. The molecule has 0 radical (unpaired) electrons. The molecule has 0 aliphatic heterocycles. The summed E-state index contributed by atoms with van der Waals surface area (Å²) in [7, 11) is 0. The molecule has 4 aromatic rings. The molecule has 4 nitrogen and oxygen atoms in total. The topological polar surface area (TPSA) is 55.1 Å². The molecular weight excluding hydrogens is 343 g/mol. The maximum atomic E-state index is 13.3. The Morgan fingerprint density at radius 2 is 1.59 bits per heavy atom. The summed E-state index contributed by atoms with van der Waals surface area (Å²) >= 11 is 0. The van der Waals surface area contributed by atoms with Crippen molar-refractivity contribution >= 4 is 16.9 Å². The molecule has 1 aromatic heterocycles. The summed E-state index contributed by atoms with van der Waals surface area (Å²) in [6.45, 7) is 0. The first-order valence-electron chi connectivity index (χ1n) is 8.64. The van der Waals surface area contributed by atoms with Crippen LogP contribution in [0, 0.1) is 5.82 Å². The maximum Gasteiger partial charge on any atom is 0.226 e. The van der Waals surface area contributed by atoms with Crippen LogP contribution in [0.1, 0.15) is 22.9 Å². The lowest BCUT2D eigenvalue weighted by molar-refractivity contribution is -0.121. The van der Waals surface area contributed by atoms with E-state index in [4.69, 9.17) is 4.52 Å². The second-order valence-electron chi connectivity index (χ2n) is 6.26. The number of benzene rings is 3. The SMILES string of the molecule is O=C(Cc1noc2ccccc12)NC(c1ccccc1)c1ccc(F)cc1. The number of carbonyl (C=O) groups excluding carboxylic acids is 1. The number of carbonyl (C=O) groups is 1. The summed E-state index contributed by atoms with van der Waals surface area (Å²) in [6, 6.07) is 22.8. The third kappa shape index (κ3) is 3.72. The Hall–Kier alpha value is -3.47. The van der Waals surface area contributed by atoms with Crippen LogP contribution < -0.4 is 5.32 Å². The van der Waals surface area contributed by atoms with Gasteiger partial charge in [0.2, 0.25) is 5.91 Å². The zero-order valence-electron chi connectivity index (χ0n) is 14.4. The van der Waals surface area contributed by atoms with E-state index in [2.05, 4.69) is 10.5 Å². The van der Waals surface area contributed by atoms with E-state index >= 15 is 0 Å². The first-order valence-corrected chi connectivity index (χ1v) is 8.64. The van der Waals surface area contributed by atoms with Crippen molar-refractivity contribution in [3.8, 4) is 0 Å². The Balaban J connectivity index is 1.59. The molecule has 3 aromatic carbocycles. The van der Waals surface area contributed by atoms with Crippen LogP contribution in [-0.2, 0) is 11.2 Å². The Bertz CT molecular complexity index is 1060. The smallest absolute Gasteiger partial charge is 0.226 e. The van der Waals surface area contributed by atoms with E-state index in [1.165, 1.54) is 12.1 Å². The molecule has 134 valence electrons. The second kappa shape index (κ2) is 7.41. The first kappa shape index (κ1) is 17.0. The van der Waals surface area contributed by atoms with E-state index < -0.39 is 0 Å². The van der Waals surface area contributed by atoms with Gasteiger partial charge in [0.25, 0.3) is 0 Å². The van der Waals surface area contributed by atoms with E-state index in [0.717, 1.165) is 16.5 Å². The van der Waals surface area contributed by atoms with Gasteiger partial charge in [0.15, 0.2) is 5.58 Å². The van der Waals surface area contributed by atoms with Crippen molar-refractivity contribution in [2.24, 2.45) is 0 Å². The Labute approximate surface area is 155 Å². The average Bonchev–Trinajstić information content (AvgIpc) is 3.10. The van der Waals surface area contributed by atoms with Gasteiger partial charge >= 0.3 is 0 Å². The van der Waals surface area contributed by atoms with Crippen LogP contribution in [0.3, 0.4) is 0 Å². The highest BCUT2D eigenvalue weighted by Gasteiger charge is 2.19. The zero-order valence-corrected chi connectivity index (χ0v) is 14.4. The first-order chi connectivity index (χ1) is 13.2. The lowest BCUT2D eigenvalue weighted by atomic mass is 9.98. The normalized spacial score (nSPS) is 12.0. The largest absolute Gasteiger partial charge is 0.356 e. The van der Waals surface area contributed by atoms with Gasteiger partial charge in [-0.15, -0.1) is 0 Å². The van der Waals surface area contributed by atoms with Crippen molar-refractivity contribution in [2.75, 3.05) is 0 Å². The Morgan fingerprint density at radius 3 is 2.37 bits per heavy atom. The maximum absolute atomic E-state index is 13.3. The van der Waals surface area contributed by atoms with Crippen LogP contribution in [0.4, 0.5) is 4.39 Å². The summed E-state index contributed by atoms with van der Waals surface area (Å²) in [5.74, 6) is -0.502. The molecule has 1 heterocycles. The monoisotopic (exact) mass is 360 g/mol. The van der Waals surface area contributed by atoms with Gasteiger partial charge in [-0.2, -0.15) is 0 Å². The van der Waals surface area contributed by atoms with Crippen LogP contribution in [0.5, 0.6) is 0 Å². The molecule has 1 N–H and O–H groups in total. The molecule has 0 aliphatic rings. The number of nitrogens with one attached hydrogen (secondary N) is 1. The van der Waals surface area contributed by atoms with E-state index in [1.807, 2.05) is 54.6 Å². The number of hydrogen-bond acceptors (Lipinski definition) is 3. The van der Waals surface area contributed by atoms with Crippen molar-refractivity contribution in [1.29, 1.82) is 0 Å². The summed E-state index contributed by atoms with van der Waals surface area (Å²) < 4.78 is 18.6. The summed E-state index contributed by atoms with van der Waals surface area (Å²) in [5.41, 5.74) is 2.97. The van der Waals surface area contributed by atoms with Crippen LogP contribution in [0.15, 0.2) is 83.4 Å². The molecule has 4 rings (SSSR count). The highest BCUT2D eigenvalue weighted by atomic mass is 19.1. The van der Waals surface area contributed by atoms with Crippen molar-refractivity contribution in [2.45, 2.75) is 12.5 Å². The van der Waals surface area contributed by atoms with Gasteiger partial charge in [-0.05, 0) is 35.4 Å². The fourth-order valence-electron chi connectivity index (χ4n) is 3.09. The number of aromatic nitrogens is 1. The van der Waals surface area contributed by atoms with Crippen molar-refractivity contribution in [1.82, 2.24) is 10.5 Å². The fraction of sp³-hybridized carbons (Fsp3) is 0.0909. The lowest BCUT2D eigenvalue weighted by Gasteiger charge is -2.19. The average molecular weight is 360 g/mol. The number of halogens is 1. The van der Waals surface area contributed by atoms with Gasteiger partial charge in [0.05, 0.1) is 12.5 Å². The highest BCUT2D eigenvalue weighted by molar-refractivity contribution is 5.86. The summed E-state index contributed by atoms with van der Waals surface area (Å²) in [6.07, 6.45) is 0.0988. The van der Waals surface area contributed by atoms with Crippen LogP contribution in [-0.4, -0.2) is 11.1 Å². The molecule has 0 spiro atoms. The molecule has 27 heavy (non-hydrogen) atoms. The number of fused-ring (bicyclic) bond motifs is 1. The number of rotatable bonds is 5. The van der Waals surface area contributed by atoms with Gasteiger partial charge in [-0.3, -0.25) is 4.79 Å². The number of amides is 1. The molecule has 1 atom stereocenters. The third-order valence-corrected chi connectivity index (χ3v) is 4.42. The number of nitrogens with zero attached hydrogens (tertiary/aromatic N) is 1. The lowest BCUT2D eigenvalue weighted by Crippen LogP contribution is -2.30. The predicted molar refractivity (Wildman–Crippen MR) is 101 cm³/mol. The molecule has 0 saturated carbocycles. The van der Waals surface area contributed by atoms with E-state index in [9.17, 15) is 9.18 Å². The summed E-state index contributed by atoms with van der Waals surface area (Å²) in [5, 5.41) is 7.87. The highest BCUT2D eigenvalue weighted by Crippen LogP contribution is 2.23. The zero-order chi connectivity index (χ0) is 18.6.